The van der Waals surface area contributed by atoms with Gasteiger partial charge in [-0.05, 0) is 37.5 Å². The van der Waals surface area contributed by atoms with E-state index in [2.05, 4.69) is 20.4 Å². The Bertz CT molecular complexity index is 1210. The first-order valence-corrected chi connectivity index (χ1v) is 11.0. The van der Waals surface area contributed by atoms with E-state index in [1.165, 1.54) is 17.6 Å². The fourth-order valence-electron chi connectivity index (χ4n) is 3.73. The van der Waals surface area contributed by atoms with Crippen LogP contribution < -0.4 is 11.1 Å². The Morgan fingerprint density at radius 3 is 2.67 bits per heavy atom. The Labute approximate surface area is 174 Å². The van der Waals surface area contributed by atoms with Crippen LogP contribution >= 0.6 is 0 Å². The quantitative estimate of drug-likeness (QED) is 0.631. The number of amides is 1. The number of nitrogen functional groups attached to an aromatic ring is 1. The predicted molar refractivity (Wildman–Crippen MR) is 111 cm³/mol. The minimum Gasteiger partial charge on any atom is -0.381 e. The summed E-state index contributed by atoms with van der Waals surface area (Å²) in [5, 5.41) is 7.06. The first kappa shape index (κ1) is 20.2. The third-order valence-corrected chi connectivity index (χ3v) is 7.21. The Hall–Kier alpha value is -3.05. The Kier molecular flexibility index (Phi) is 5.16. The van der Waals surface area contributed by atoms with E-state index >= 15 is 0 Å². The second kappa shape index (κ2) is 7.65. The molecule has 1 aliphatic heterocycles. The number of aryl methyl sites for hydroxylation is 1. The fraction of sp³-hybridized carbons (Fsp3) is 0.368. The fourth-order valence-corrected chi connectivity index (χ4v) is 5.23. The van der Waals surface area contributed by atoms with Gasteiger partial charge in [-0.25, -0.2) is 22.9 Å². The standard InChI is InChI=1S/C19H23N7O3S/c1-12-3-4-15(30(28,29)25-7-5-14(6-8-25)24-13(2)27)9-16(12)17-10-21-19-18(20)22-11-23-26(17)19/h3-4,9-11,14H,5-8H2,1-2H3,(H,24,27)(H2,20,22,23). The van der Waals surface area contributed by atoms with E-state index in [0.717, 1.165) is 5.56 Å². The lowest BCUT2D eigenvalue weighted by molar-refractivity contribution is -0.119. The molecule has 1 saturated heterocycles. The molecule has 0 aliphatic carbocycles. The zero-order chi connectivity index (χ0) is 21.5. The van der Waals surface area contributed by atoms with Crippen molar-refractivity contribution in [1.82, 2.24) is 29.2 Å². The topological polar surface area (TPSA) is 136 Å². The van der Waals surface area contributed by atoms with Crippen molar-refractivity contribution in [2.45, 2.75) is 37.6 Å². The van der Waals surface area contributed by atoms with Gasteiger partial charge in [0.1, 0.15) is 6.33 Å². The average Bonchev–Trinajstić information content (AvgIpc) is 3.13. The number of carbonyl (C=O) groups is 1. The lowest BCUT2D eigenvalue weighted by Gasteiger charge is -2.31. The van der Waals surface area contributed by atoms with Crippen LogP contribution in [0, 0.1) is 6.92 Å². The summed E-state index contributed by atoms with van der Waals surface area (Å²) in [5.41, 5.74) is 8.50. The summed E-state index contributed by atoms with van der Waals surface area (Å²) in [4.78, 5) is 19.6. The average molecular weight is 430 g/mol. The van der Waals surface area contributed by atoms with Crippen LogP contribution in [-0.4, -0.2) is 57.3 Å². The molecule has 3 heterocycles. The molecule has 0 spiro atoms. The van der Waals surface area contributed by atoms with Crippen molar-refractivity contribution in [3.8, 4) is 11.3 Å². The largest absolute Gasteiger partial charge is 0.381 e. The van der Waals surface area contributed by atoms with Gasteiger partial charge in [0, 0.05) is 31.6 Å². The molecule has 0 saturated carbocycles. The maximum atomic E-state index is 13.2. The number of hydrogen-bond donors (Lipinski definition) is 2. The van der Waals surface area contributed by atoms with Crippen LogP contribution in [0.15, 0.2) is 35.6 Å². The second-order valence-corrected chi connectivity index (χ2v) is 9.32. The highest BCUT2D eigenvalue weighted by Crippen LogP contribution is 2.29. The molecule has 1 amide bonds. The van der Waals surface area contributed by atoms with Crippen molar-refractivity contribution >= 4 is 27.4 Å². The van der Waals surface area contributed by atoms with Gasteiger partial charge in [-0.3, -0.25) is 4.79 Å². The van der Waals surface area contributed by atoms with Gasteiger partial charge in [0.25, 0.3) is 0 Å². The molecule has 11 heteroatoms. The van der Waals surface area contributed by atoms with Crippen LogP contribution in [0.5, 0.6) is 0 Å². The summed E-state index contributed by atoms with van der Waals surface area (Å²) < 4.78 is 29.5. The Morgan fingerprint density at radius 2 is 1.97 bits per heavy atom. The van der Waals surface area contributed by atoms with Crippen molar-refractivity contribution in [2.24, 2.45) is 0 Å². The number of rotatable bonds is 4. The van der Waals surface area contributed by atoms with Gasteiger partial charge in [-0.2, -0.15) is 9.40 Å². The molecule has 2 aromatic heterocycles. The van der Waals surface area contributed by atoms with Crippen molar-refractivity contribution in [2.75, 3.05) is 18.8 Å². The van der Waals surface area contributed by atoms with E-state index in [4.69, 9.17) is 5.73 Å². The van der Waals surface area contributed by atoms with E-state index in [-0.39, 0.29) is 22.7 Å². The number of anilines is 1. The second-order valence-electron chi connectivity index (χ2n) is 7.38. The van der Waals surface area contributed by atoms with Gasteiger partial charge in [-0.1, -0.05) is 6.07 Å². The minimum atomic E-state index is -3.67. The molecule has 3 aromatic rings. The number of nitrogens with one attached hydrogen (secondary N) is 1. The lowest BCUT2D eigenvalue weighted by Crippen LogP contribution is -2.46. The van der Waals surface area contributed by atoms with Gasteiger partial charge in [0.15, 0.2) is 11.5 Å². The van der Waals surface area contributed by atoms with Gasteiger partial charge in [-0.15, -0.1) is 0 Å². The van der Waals surface area contributed by atoms with E-state index in [9.17, 15) is 13.2 Å². The highest BCUT2D eigenvalue weighted by Gasteiger charge is 2.30. The summed E-state index contributed by atoms with van der Waals surface area (Å²) in [7, 11) is -3.67. The minimum absolute atomic E-state index is 0.00540. The van der Waals surface area contributed by atoms with E-state index in [0.29, 0.717) is 42.8 Å². The Morgan fingerprint density at radius 1 is 1.23 bits per heavy atom. The van der Waals surface area contributed by atoms with Crippen LogP contribution in [-0.2, 0) is 14.8 Å². The number of piperidine rings is 1. The summed E-state index contributed by atoms with van der Waals surface area (Å²) in [5.74, 6) is 0.150. The van der Waals surface area contributed by atoms with Crippen molar-refractivity contribution in [1.29, 1.82) is 0 Å². The lowest BCUT2D eigenvalue weighted by atomic mass is 10.1. The molecule has 1 aliphatic rings. The van der Waals surface area contributed by atoms with Crippen molar-refractivity contribution < 1.29 is 13.2 Å². The molecule has 0 bridgehead atoms. The molecule has 0 atom stereocenters. The van der Waals surface area contributed by atoms with Gasteiger partial charge in [0.2, 0.25) is 15.9 Å². The van der Waals surface area contributed by atoms with Crippen LogP contribution in [0.2, 0.25) is 0 Å². The maximum Gasteiger partial charge on any atom is 0.243 e. The smallest absolute Gasteiger partial charge is 0.243 e. The number of imidazole rings is 1. The Balaban J connectivity index is 1.66. The van der Waals surface area contributed by atoms with E-state index in [1.54, 1.807) is 28.9 Å². The third kappa shape index (κ3) is 3.61. The van der Waals surface area contributed by atoms with E-state index in [1.807, 2.05) is 6.92 Å². The molecule has 1 aromatic carbocycles. The van der Waals surface area contributed by atoms with Gasteiger partial charge < -0.3 is 11.1 Å². The first-order valence-electron chi connectivity index (χ1n) is 9.60. The zero-order valence-electron chi connectivity index (χ0n) is 16.7. The number of nitrogens with two attached hydrogens (primary N) is 1. The number of carbonyl (C=O) groups excluding carboxylic acids is 1. The predicted octanol–water partition coefficient (Wildman–Crippen LogP) is 0.971. The first-order chi connectivity index (χ1) is 14.3. The number of nitrogens with zero attached hydrogens (tertiary/aromatic N) is 5. The molecule has 3 N–H and O–H groups in total. The number of benzene rings is 1. The number of hydrogen-bond acceptors (Lipinski definition) is 7. The summed E-state index contributed by atoms with van der Waals surface area (Å²) >= 11 is 0. The van der Waals surface area contributed by atoms with E-state index < -0.39 is 10.0 Å². The SMILES string of the molecule is CC(=O)NC1CCN(S(=O)(=O)c2ccc(C)c(-c3cnc4c(N)ncnn34)c2)CC1. The third-order valence-electron chi connectivity index (χ3n) is 5.32. The molecule has 0 unspecified atom stereocenters. The van der Waals surface area contributed by atoms with Crippen LogP contribution in [0.4, 0.5) is 5.82 Å². The molecule has 10 nitrogen and oxygen atoms in total. The van der Waals surface area contributed by atoms with Gasteiger partial charge >= 0.3 is 0 Å². The zero-order valence-corrected chi connectivity index (χ0v) is 17.6. The molecule has 0 radical (unpaired) electrons. The number of fused-ring (bicyclic) bond motifs is 1. The molecule has 30 heavy (non-hydrogen) atoms. The molecular weight excluding hydrogens is 406 g/mol. The number of sulfonamides is 1. The highest BCUT2D eigenvalue weighted by molar-refractivity contribution is 7.89. The van der Waals surface area contributed by atoms with Crippen LogP contribution in [0.3, 0.4) is 0 Å². The summed E-state index contributed by atoms with van der Waals surface area (Å²) in [6.45, 7) is 4.08. The highest BCUT2D eigenvalue weighted by atomic mass is 32.2. The number of aromatic nitrogens is 4. The normalized spacial score (nSPS) is 16.1. The molecule has 1 fully saturated rings. The van der Waals surface area contributed by atoms with Gasteiger partial charge in [0.05, 0.1) is 16.8 Å². The molecular formula is C19H23N7O3S. The maximum absolute atomic E-state index is 13.2. The van der Waals surface area contributed by atoms with Crippen molar-refractivity contribution in [3.05, 3.63) is 36.3 Å². The van der Waals surface area contributed by atoms with Crippen LogP contribution in [0.25, 0.3) is 16.9 Å². The van der Waals surface area contributed by atoms with Crippen molar-refractivity contribution in [3.63, 3.8) is 0 Å². The summed E-state index contributed by atoms with van der Waals surface area (Å²) in [6, 6.07) is 5.04. The molecule has 4 rings (SSSR count). The summed E-state index contributed by atoms with van der Waals surface area (Å²) in [6.07, 6.45) is 4.11. The molecule has 158 valence electrons. The monoisotopic (exact) mass is 429 g/mol. The van der Waals surface area contributed by atoms with Crippen LogP contribution in [0.1, 0.15) is 25.3 Å².